The summed E-state index contributed by atoms with van der Waals surface area (Å²) in [6.07, 6.45) is 0.0551. The zero-order valence-electron chi connectivity index (χ0n) is 11.5. The largest absolute Gasteiger partial charge is 0.493 e. The number of benzene rings is 1. The molecule has 5 nitrogen and oxygen atoms in total. The van der Waals surface area contributed by atoms with Crippen LogP contribution in [-0.4, -0.2) is 43.9 Å². The summed E-state index contributed by atoms with van der Waals surface area (Å²) in [7, 11) is 1.51. The number of ether oxygens (including phenoxy) is 3. The van der Waals surface area contributed by atoms with E-state index in [1.54, 1.807) is 18.2 Å². The van der Waals surface area contributed by atoms with Crippen molar-refractivity contribution < 1.29 is 24.1 Å². The molecular formula is C14H20O5. The van der Waals surface area contributed by atoms with Crippen LogP contribution in [0.3, 0.4) is 0 Å². The van der Waals surface area contributed by atoms with Gasteiger partial charge in [-0.1, -0.05) is 0 Å². The van der Waals surface area contributed by atoms with Crippen molar-refractivity contribution in [3.8, 4) is 11.5 Å². The lowest BCUT2D eigenvalue weighted by molar-refractivity contribution is -0.0125. The maximum atomic E-state index is 10.7. The molecule has 1 aromatic rings. The SMILES string of the molecule is COc1ccc(C=O)cc1OCC(O)COC(C)C. The maximum Gasteiger partial charge on any atom is 0.162 e. The molecule has 106 valence electrons. The second kappa shape index (κ2) is 7.76. The first kappa shape index (κ1) is 15.5. The normalized spacial score (nSPS) is 12.3. The van der Waals surface area contributed by atoms with Gasteiger partial charge in [0.25, 0.3) is 0 Å². The average Bonchev–Trinajstić information content (AvgIpc) is 2.42. The van der Waals surface area contributed by atoms with Crippen LogP contribution in [0.2, 0.25) is 0 Å². The molecular weight excluding hydrogens is 248 g/mol. The quantitative estimate of drug-likeness (QED) is 0.727. The van der Waals surface area contributed by atoms with Crippen LogP contribution in [-0.2, 0) is 4.74 Å². The van der Waals surface area contributed by atoms with Gasteiger partial charge in [-0.05, 0) is 32.0 Å². The molecule has 1 atom stereocenters. The molecule has 0 amide bonds. The van der Waals surface area contributed by atoms with Crippen LogP contribution in [0.5, 0.6) is 11.5 Å². The first-order valence-corrected chi connectivity index (χ1v) is 6.12. The minimum Gasteiger partial charge on any atom is -0.493 e. The Morgan fingerprint density at radius 2 is 2.00 bits per heavy atom. The smallest absolute Gasteiger partial charge is 0.162 e. The van der Waals surface area contributed by atoms with Crippen LogP contribution in [0.25, 0.3) is 0 Å². The molecule has 0 heterocycles. The molecule has 0 spiro atoms. The van der Waals surface area contributed by atoms with Gasteiger partial charge in [0.15, 0.2) is 11.5 Å². The molecule has 0 aromatic heterocycles. The van der Waals surface area contributed by atoms with Gasteiger partial charge in [0, 0.05) is 5.56 Å². The molecule has 1 N–H and O–H groups in total. The summed E-state index contributed by atoms with van der Waals surface area (Å²) in [5.74, 6) is 0.943. The topological polar surface area (TPSA) is 65.0 Å². The van der Waals surface area contributed by atoms with Gasteiger partial charge in [-0.2, -0.15) is 0 Å². The molecule has 19 heavy (non-hydrogen) atoms. The Hall–Kier alpha value is -1.59. The van der Waals surface area contributed by atoms with Gasteiger partial charge >= 0.3 is 0 Å². The van der Waals surface area contributed by atoms with Gasteiger partial charge in [0.05, 0.1) is 19.8 Å². The van der Waals surface area contributed by atoms with Crippen molar-refractivity contribution in [3.05, 3.63) is 23.8 Å². The van der Waals surface area contributed by atoms with E-state index in [1.165, 1.54) is 7.11 Å². The Morgan fingerprint density at radius 1 is 1.26 bits per heavy atom. The number of rotatable bonds is 8. The van der Waals surface area contributed by atoms with Gasteiger partial charge in [-0.25, -0.2) is 0 Å². The van der Waals surface area contributed by atoms with Crippen LogP contribution in [0.1, 0.15) is 24.2 Å². The van der Waals surface area contributed by atoms with Crippen LogP contribution in [0, 0.1) is 0 Å². The predicted molar refractivity (Wildman–Crippen MR) is 71.0 cm³/mol. The first-order chi connectivity index (χ1) is 9.06. The van der Waals surface area contributed by atoms with Crippen LogP contribution in [0.15, 0.2) is 18.2 Å². The van der Waals surface area contributed by atoms with Gasteiger partial charge in [0.2, 0.25) is 0 Å². The molecule has 1 aromatic carbocycles. The Labute approximate surface area is 113 Å². The fourth-order valence-corrected chi connectivity index (χ4v) is 1.42. The highest BCUT2D eigenvalue weighted by atomic mass is 16.5. The number of aliphatic hydroxyl groups is 1. The minimum atomic E-state index is -0.730. The number of aliphatic hydroxyl groups excluding tert-OH is 1. The van der Waals surface area contributed by atoms with Crippen molar-refractivity contribution in [2.24, 2.45) is 0 Å². The van der Waals surface area contributed by atoms with E-state index in [-0.39, 0.29) is 19.3 Å². The van der Waals surface area contributed by atoms with E-state index in [4.69, 9.17) is 14.2 Å². The Morgan fingerprint density at radius 3 is 2.58 bits per heavy atom. The van der Waals surface area contributed by atoms with E-state index < -0.39 is 6.10 Å². The molecule has 0 aliphatic heterocycles. The number of methoxy groups -OCH3 is 1. The van der Waals surface area contributed by atoms with E-state index in [0.717, 1.165) is 6.29 Å². The van der Waals surface area contributed by atoms with E-state index in [2.05, 4.69) is 0 Å². The Bertz CT molecular complexity index is 403. The van der Waals surface area contributed by atoms with E-state index in [0.29, 0.717) is 17.1 Å². The third kappa shape index (κ3) is 5.28. The lowest BCUT2D eigenvalue weighted by atomic mass is 10.2. The molecule has 5 heteroatoms. The zero-order chi connectivity index (χ0) is 14.3. The predicted octanol–water partition coefficient (Wildman–Crippen LogP) is 1.67. The van der Waals surface area contributed by atoms with Crippen molar-refractivity contribution in [2.45, 2.75) is 26.1 Å². The molecule has 1 unspecified atom stereocenters. The summed E-state index contributed by atoms with van der Waals surface area (Å²) in [6.45, 7) is 4.06. The molecule has 0 fully saturated rings. The third-order valence-electron chi connectivity index (χ3n) is 2.38. The number of hydrogen-bond acceptors (Lipinski definition) is 5. The zero-order valence-corrected chi connectivity index (χ0v) is 11.5. The summed E-state index contributed by atoms with van der Waals surface area (Å²) in [5.41, 5.74) is 0.490. The molecule has 0 saturated carbocycles. The van der Waals surface area contributed by atoms with E-state index in [1.807, 2.05) is 13.8 Å². The highest BCUT2D eigenvalue weighted by Gasteiger charge is 2.10. The number of aldehydes is 1. The second-order valence-electron chi connectivity index (χ2n) is 4.38. The van der Waals surface area contributed by atoms with Gasteiger partial charge in [0.1, 0.15) is 19.0 Å². The van der Waals surface area contributed by atoms with Gasteiger partial charge < -0.3 is 19.3 Å². The Kier molecular flexibility index (Phi) is 6.32. The first-order valence-electron chi connectivity index (χ1n) is 6.12. The Balaban J connectivity index is 2.58. The second-order valence-corrected chi connectivity index (χ2v) is 4.38. The third-order valence-corrected chi connectivity index (χ3v) is 2.38. The maximum absolute atomic E-state index is 10.7. The van der Waals surface area contributed by atoms with Gasteiger partial charge in [-0.15, -0.1) is 0 Å². The van der Waals surface area contributed by atoms with Crippen molar-refractivity contribution in [2.75, 3.05) is 20.3 Å². The monoisotopic (exact) mass is 268 g/mol. The lowest BCUT2D eigenvalue weighted by Crippen LogP contribution is -2.25. The standard InChI is InChI=1S/C14H20O5/c1-10(2)18-8-12(16)9-19-14-6-11(7-15)4-5-13(14)17-3/h4-7,10,12,16H,8-9H2,1-3H3. The highest BCUT2D eigenvalue weighted by molar-refractivity contribution is 5.76. The number of carbonyl (C=O) groups excluding carboxylic acids is 1. The fourth-order valence-electron chi connectivity index (χ4n) is 1.42. The molecule has 0 aliphatic rings. The molecule has 0 bridgehead atoms. The number of carbonyl (C=O) groups is 1. The summed E-state index contributed by atoms with van der Waals surface area (Å²) in [5, 5.41) is 9.69. The van der Waals surface area contributed by atoms with E-state index in [9.17, 15) is 9.90 Å². The summed E-state index contributed by atoms with van der Waals surface area (Å²) < 4.78 is 15.8. The van der Waals surface area contributed by atoms with Crippen molar-refractivity contribution >= 4 is 6.29 Å². The average molecular weight is 268 g/mol. The minimum absolute atomic E-state index is 0.0579. The summed E-state index contributed by atoms with van der Waals surface area (Å²) in [4.78, 5) is 10.7. The van der Waals surface area contributed by atoms with Crippen molar-refractivity contribution in [1.82, 2.24) is 0 Å². The van der Waals surface area contributed by atoms with Crippen LogP contribution >= 0.6 is 0 Å². The van der Waals surface area contributed by atoms with E-state index >= 15 is 0 Å². The molecule has 0 radical (unpaired) electrons. The van der Waals surface area contributed by atoms with Crippen molar-refractivity contribution in [1.29, 1.82) is 0 Å². The van der Waals surface area contributed by atoms with Gasteiger partial charge in [-0.3, -0.25) is 4.79 Å². The molecule has 0 aliphatic carbocycles. The van der Waals surface area contributed by atoms with Crippen LogP contribution < -0.4 is 9.47 Å². The summed E-state index contributed by atoms with van der Waals surface area (Å²) in [6, 6.07) is 4.86. The van der Waals surface area contributed by atoms with Crippen LogP contribution in [0.4, 0.5) is 0 Å². The summed E-state index contributed by atoms with van der Waals surface area (Å²) >= 11 is 0. The molecule has 1 rings (SSSR count). The lowest BCUT2D eigenvalue weighted by Gasteiger charge is -2.16. The number of hydrogen-bond donors (Lipinski definition) is 1. The van der Waals surface area contributed by atoms with Crippen molar-refractivity contribution in [3.63, 3.8) is 0 Å². The fraction of sp³-hybridized carbons (Fsp3) is 0.500. The molecule has 0 saturated heterocycles. The highest BCUT2D eigenvalue weighted by Crippen LogP contribution is 2.27.